The second-order valence-electron chi connectivity index (χ2n) is 7.81. The first-order chi connectivity index (χ1) is 12.9. The van der Waals surface area contributed by atoms with E-state index in [1.807, 2.05) is 13.8 Å². The Hall–Kier alpha value is -1.99. The lowest BCUT2D eigenvalue weighted by atomic mass is 10.0. The van der Waals surface area contributed by atoms with Gasteiger partial charge in [0.25, 0.3) is 0 Å². The Labute approximate surface area is 159 Å². The first-order valence-electron chi connectivity index (χ1n) is 9.73. The first kappa shape index (κ1) is 19.8. The summed E-state index contributed by atoms with van der Waals surface area (Å²) >= 11 is 0. The van der Waals surface area contributed by atoms with Gasteiger partial charge in [-0.3, -0.25) is 14.5 Å². The second kappa shape index (κ2) is 8.80. The van der Waals surface area contributed by atoms with Gasteiger partial charge in [-0.1, -0.05) is 12.1 Å². The molecule has 0 aliphatic carbocycles. The van der Waals surface area contributed by atoms with E-state index in [0.29, 0.717) is 19.5 Å². The summed E-state index contributed by atoms with van der Waals surface area (Å²) in [5.41, 5.74) is 1.02. The van der Waals surface area contributed by atoms with Crippen molar-refractivity contribution in [3.8, 4) is 0 Å². The molecule has 2 heterocycles. The molecule has 7 heteroatoms. The van der Waals surface area contributed by atoms with Crippen molar-refractivity contribution in [3.05, 3.63) is 35.6 Å². The molecule has 2 saturated heterocycles. The molecule has 0 spiro atoms. The second-order valence-corrected chi connectivity index (χ2v) is 7.81. The number of amides is 2. The van der Waals surface area contributed by atoms with E-state index in [1.165, 1.54) is 12.1 Å². The minimum atomic E-state index is -0.238. The van der Waals surface area contributed by atoms with Gasteiger partial charge < -0.3 is 16.0 Å². The summed E-state index contributed by atoms with van der Waals surface area (Å²) in [6.07, 6.45) is 1.96. The van der Waals surface area contributed by atoms with Crippen LogP contribution >= 0.6 is 0 Å². The average Bonchev–Trinajstić information content (AvgIpc) is 3.05. The summed E-state index contributed by atoms with van der Waals surface area (Å²) in [4.78, 5) is 26.4. The van der Waals surface area contributed by atoms with Crippen molar-refractivity contribution in [3.63, 3.8) is 0 Å². The standard InChI is InChI=1S/C20H29FN4O2/c1-13(2)24-19(26)8-7-17-11-23-20(27)18-9-16(12-25(17)18)22-10-14-3-5-15(21)6-4-14/h3-6,13,16-18,22H,7-12H2,1-2H3,(H,23,27)(H,24,26)/t16-,17+,18-/m0/s1. The molecular formula is C20H29FN4O2. The zero-order chi connectivity index (χ0) is 19.4. The molecule has 0 bridgehead atoms. The van der Waals surface area contributed by atoms with Crippen LogP contribution in [0.3, 0.4) is 0 Å². The van der Waals surface area contributed by atoms with Crippen molar-refractivity contribution in [2.45, 2.75) is 63.8 Å². The van der Waals surface area contributed by atoms with Crippen LogP contribution in [0.2, 0.25) is 0 Å². The first-order valence-corrected chi connectivity index (χ1v) is 9.73. The van der Waals surface area contributed by atoms with Gasteiger partial charge in [0.15, 0.2) is 0 Å². The van der Waals surface area contributed by atoms with E-state index in [2.05, 4.69) is 20.9 Å². The zero-order valence-electron chi connectivity index (χ0n) is 16.0. The van der Waals surface area contributed by atoms with Crippen LogP contribution in [-0.2, 0) is 16.1 Å². The van der Waals surface area contributed by atoms with Gasteiger partial charge in [-0.2, -0.15) is 0 Å². The number of piperazine rings is 1. The molecule has 2 amide bonds. The fourth-order valence-electron chi connectivity index (χ4n) is 3.95. The van der Waals surface area contributed by atoms with E-state index >= 15 is 0 Å². The summed E-state index contributed by atoms with van der Waals surface area (Å²) in [6.45, 7) is 5.93. The lowest BCUT2D eigenvalue weighted by molar-refractivity contribution is -0.129. The molecule has 148 valence electrons. The largest absolute Gasteiger partial charge is 0.354 e. The number of nitrogens with zero attached hydrogens (tertiary/aromatic N) is 1. The van der Waals surface area contributed by atoms with Crippen molar-refractivity contribution >= 4 is 11.8 Å². The molecule has 1 aromatic rings. The van der Waals surface area contributed by atoms with E-state index in [0.717, 1.165) is 24.9 Å². The normalized spacial score (nSPS) is 25.3. The highest BCUT2D eigenvalue weighted by atomic mass is 19.1. The molecule has 0 unspecified atom stereocenters. The number of fused-ring (bicyclic) bond motifs is 1. The summed E-state index contributed by atoms with van der Waals surface area (Å²) in [5.74, 6) is -0.106. The third kappa shape index (κ3) is 5.26. The highest BCUT2D eigenvalue weighted by Gasteiger charge is 2.43. The van der Waals surface area contributed by atoms with E-state index in [4.69, 9.17) is 0 Å². The Morgan fingerprint density at radius 2 is 2.07 bits per heavy atom. The minimum absolute atomic E-state index is 0.0589. The summed E-state index contributed by atoms with van der Waals surface area (Å²) in [7, 11) is 0. The number of halogens is 1. The number of rotatable bonds is 7. The predicted molar refractivity (Wildman–Crippen MR) is 101 cm³/mol. The molecular weight excluding hydrogens is 347 g/mol. The maximum absolute atomic E-state index is 13.0. The van der Waals surface area contributed by atoms with Gasteiger partial charge in [-0.15, -0.1) is 0 Å². The number of hydrogen-bond donors (Lipinski definition) is 3. The Balaban J connectivity index is 1.53. The molecule has 2 aliphatic rings. The van der Waals surface area contributed by atoms with Gasteiger partial charge in [0.05, 0.1) is 6.04 Å². The fourth-order valence-corrected chi connectivity index (χ4v) is 3.95. The number of carbonyl (C=O) groups excluding carboxylic acids is 2. The average molecular weight is 376 g/mol. The molecule has 2 fully saturated rings. The van der Waals surface area contributed by atoms with Crippen molar-refractivity contribution in [1.29, 1.82) is 0 Å². The third-order valence-corrected chi connectivity index (χ3v) is 5.29. The van der Waals surface area contributed by atoms with Crippen LogP contribution < -0.4 is 16.0 Å². The van der Waals surface area contributed by atoms with Gasteiger partial charge in [0.1, 0.15) is 5.82 Å². The smallest absolute Gasteiger partial charge is 0.237 e. The zero-order valence-corrected chi connectivity index (χ0v) is 16.0. The molecule has 0 aromatic heterocycles. The van der Waals surface area contributed by atoms with E-state index < -0.39 is 0 Å². The van der Waals surface area contributed by atoms with Crippen LogP contribution in [0.5, 0.6) is 0 Å². The molecule has 3 atom stereocenters. The monoisotopic (exact) mass is 376 g/mol. The Bertz CT molecular complexity index is 664. The maximum atomic E-state index is 13.0. The highest BCUT2D eigenvalue weighted by Crippen LogP contribution is 2.26. The molecule has 0 radical (unpaired) electrons. The number of benzene rings is 1. The molecule has 3 N–H and O–H groups in total. The number of carbonyl (C=O) groups is 2. The Morgan fingerprint density at radius 3 is 2.78 bits per heavy atom. The quantitative estimate of drug-likeness (QED) is 0.668. The summed E-state index contributed by atoms with van der Waals surface area (Å²) in [5, 5.41) is 9.39. The van der Waals surface area contributed by atoms with E-state index in [-0.39, 0.29) is 41.8 Å². The molecule has 3 rings (SSSR count). The van der Waals surface area contributed by atoms with Crippen LogP contribution in [0.25, 0.3) is 0 Å². The molecule has 6 nitrogen and oxygen atoms in total. The van der Waals surface area contributed by atoms with Crippen molar-refractivity contribution < 1.29 is 14.0 Å². The Morgan fingerprint density at radius 1 is 1.33 bits per heavy atom. The molecule has 2 aliphatic heterocycles. The summed E-state index contributed by atoms with van der Waals surface area (Å²) in [6, 6.07) is 6.85. The van der Waals surface area contributed by atoms with Crippen LogP contribution in [0.1, 0.15) is 38.7 Å². The van der Waals surface area contributed by atoms with Crippen molar-refractivity contribution in [2.24, 2.45) is 0 Å². The lowest BCUT2D eigenvalue weighted by Crippen LogP contribution is -2.58. The highest BCUT2D eigenvalue weighted by molar-refractivity contribution is 5.83. The number of hydrogen-bond acceptors (Lipinski definition) is 4. The Kier molecular flexibility index (Phi) is 6.44. The van der Waals surface area contributed by atoms with E-state index in [1.54, 1.807) is 12.1 Å². The molecule has 1 aromatic carbocycles. The van der Waals surface area contributed by atoms with Crippen LogP contribution in [0, 0.1) is 5.82 Å². The predicted octanol–water partition coefficient (Wildman–Crippen LogP) is 1.16. The van der Waals surface area contributed by atoms with Gasteiger partial charge in [-0.25, -0.2) is 4.39 Å². The third-order valence-electron chi connectivity index (χ3n) is 5.29. The fraction of sp³-hybridized carbons (Fsp3) is 0.600. The molecule has 27 heavy (non-hydrogen) atoms. The van der Waals surface area contributed by atoms with Crippen LogP contribution in [0.4, 0.5) is 4.39 Å². The lowest BCUT2D eigenvalue weighted by Gasteiger charge is -2.37. The van der Waals surface area contributed by atoms with Crippen LogP contribution in [-0.4, -0.2) is 54.0 Å². The van der Waals surface area contributed by atoms with Gasteiger partial charge in [-0.05, 0) is 44.4 Å². The van der Waals surface area contributed by atoms with Crippen molar-refractivity contribution in [1.82, 2.24) is 20.9 Å². The van der Waals surface area contributed by atoms with Gasteiger partial charge in [0.2, 0.25) is 11.8 Å². The van der Waals surface area contributed by atoms with Crippen LogP contribution in [0.15, 0.2) is 24.3 Å². The summed E-state index contributed by atoms with van der Waals surface area (Å²) < 4.78 is 13.0. The van der Waals surface area contributed by atoms with E-state index in [9.17, 15) is 14.0 Å². The maximum Gasteiger partial charge on any atom is 0.237 e. The number of nitrogens with one attached hydrogen (secondary N) is 3. The minimum Gasteiger partial charge on any atom is -0.354 e. The SMILES string of the molecule is CC(C)NC(=O)CC[C@@H]1CNC(=O)[C@@H]2C[C@H](NCc3ccc(F)cc3)CN12. The van der Waals surface area contributed by atoms with Crippen molar-refractivity contribution in [2.75, 3.05) is 13.1 Å². The van der Waals surface area contributed by atoms with Gasteiger partial charge >= 0.3 is 0 Å². The topological polar surface area (TPSA) is 73.5 Å². The molecule has 0 saturated carbocycles. The van der Waals surface area contributed by atoms with Gasteiger partial charge in [0, 0.05) is 44.2 Å².